The molecule has 2 aliphatic carbocycles. The van der Waals surface area contributed by atoms with E-state index >= 15 is 0 Å². The van der Waals surface area contributed by atoms with Gasteiger partial charge < -0.3 is 4.74 Å². The van der Waals surface area contributed by atoms with E-state index in [1.54, 1.807) is 0 Å². The lowest BCUT2D eigenvalue weighted by molar-refractivity contribution is 0.0211. The molecule has 1 nitrogen and oxygen atoms in total. The monoisotopic (exact) mass is 264 g/mol. The van der Waals surface area contributed by atoms with Gasteiger partial charge in [0.2, 0.25) is 0 Å². The lowest BCUT2D eigenvalue weighted by Crippen LogP contribution is -2.28. The molecule has 2 aliphatic rings. The van der Waals surface area contributed by atoms with Gasteiger partial charge in [-0.25, -0.2) is 0 Å². The van der Waals surface area contributed by atoms with E-state index in [0.717, 1.165) is 24.4 Å². The molecule has 1 heteroatoms. The molecule has 2 fully saturated rings. The molecular formula is C18H32O. The molecule has 0 N–H and O–H groups in total. The van der Waals surface area contributed by atoms with Crippen molar-refractivity contribution in [3.63, 3.8) is 0 Å². The van der Waals surface area contributed by atoms with Gasteiger partial charge in [-0.05, 0) is 56.3 Å². The highest BCUT2D eigenvalue weighted by molar-refractivity contribution is 4.82. The maximum absolute atomic E-state index is 5.80. The molecule has 0 aromatic rings. The van der Waals surface area contributed by atoms with Crippen molar-refractivity contribution in [2.24, 2.45) is 17.8 Å². The zero-order valence-corrected chi connectivity index (χ0v) is 12.8. The van der Waals surface area contributed by atoms with Crippen LogP contribution in [0.15, 0.2) is 12.7 Å². The highest BCUT2D eigenvalue weighted by Crippen LogP contribution is 2.41. The van der Waals surface area contributed by atoms with Gasteiger partial charge in [0, 0.05) is 0 Å². The standard InChI is InChI=1S/C18H32O/c1-3-5-15-6-8-16(9-7-15)17-10-12-18(13-11-17)19-14-4-2/h4,15-18H,2-3,5-14H2,1H3/t15-,16-,17?,18?. The summed E-state index contributed by atoms with van der Waals surface area (Å²) in [5, 5.41) is 0. The lowest BCUT2D eigenvalue weighted by atomic mass is 9.70. The molecule has 110 valence electrons. The first-order valence-corrected chi connectivity index (χ1v) is 8.56. The number of ether oxygens (including phenoxy) is 1. The fraction of sp³-hybridized carbons (Fsp3) is 0.889. The molecule has 0 aromatic carbocycles. The van der Waals surface area contributed by atoms with E-state index in [1.165, 1.54) is 64.2 Å². The third kappa shape index (κ3) is 4.63. The Morgan fingerprint density at radius 2 is 1.53 bits per heavy atom. The van der Waals surface area contributed by atoms with Crippen molar-refractivity contribution in [1.29, 1.82) is 0 Å². The molecule has 2 saturated carbocycles. The summed E-state index contributed by atoms with van der Waals surface area (Å²) in [6, 6.07) is 0. The van der Waals surface area contributed by atoms with Crippen molar-refractivity contribution in [2.75, 3.05) is 6.61 Å². The van der Waals surface area contributed by atoms with Crippen molar-refractivity contribution in [1.82, 2.24) is 0 Å². The van der Waals surface area contributed by atoms with E-state index in [0.29, 0.717) is 6.10 Å². The number of rotatable bonds is 6. The molecule has 0 saturated heterocycles. The first-order chi connectivity index (χ1) is 9.33. The van der Waals surface area contributed by atoms with Gasteiger partial charge in [0.1, 0.15) is 0 Å². The number of hydrogen-bond acceptors (Lipinski definition) is 1. The van der Waals surface area contributed by atoms with Crippen LogP contribution in [0, 0.1) is 17.8 Å². The quantitative estimate of drug-likeness (QED) is 0.587. The predicted octanol–water partition coefficient (Wildman–Crippen LogP) is 5.35. The predicted molar refractivity (Wildman–Crippen MR) is 82.3 cm³/mol. The van der Waals surface area contributed by atoms with E-state index in [4.69, 9.17) is 4.74 Å². The maximum atomic E-state index is 5.80. The molecule has 2 rings (SSSR count). The van der Waals surface area contributed by atoms with Gasteiger partial charge in [-0.2, -0.15) is 0 Å². The second kappa shape index (κ2) is 8.09. The molecule has 0 aliphatic heterocycles. The first-order valence-electron chi connectivity index (χ1n) is 8.56. The van der Waals surface area contributed by atoms with E-state index in [9.17, 15) is 0 Å². The molecule has 0 bridgehead atoms. The smallest absolute Gasteiger partial charge is 0.0648 e. The third-order valence-electron chi connectivity index (χ3n) is 5.42. The average Bonchev–Trinajstić information content (AvgIpc) is 2.47. The van der Waals surface area contributed by atoms with Crippen LogP contribution in [-0.4, -0.2) is 12.7 Å². The Balaban J connectivity index is 1.66. The van der Waals surface area contributed by atoms with Crippen LogP contribution in [0.1, 0.15) is 71.1 Å². The van der Waals surface area contributed by atoms with E-state index < -0.39 is 0 Å². The minimum absolute atomic E-state index is 0.519. The van der Waals surface area contributed by atoms with Crippen molar-refractivity contribution < 1.29 is 4.74 Å². The van der Waals surface area contributed by atoms with E-state index in [-0.39, 0.29) is 0 Å². The van der Waals surface area contributed by atoms with Gasteiger partial charge in [-0.1, -0.05) is 38.7 Å². The summed E-state index contributed by atoms with van der Waals surface area (Å²) < 4.78 is 5.80. The summed E-state index contributed by atoms with van der Waals surface area (Å²) in [6.07, 6.45) is 16.6. The highest BCUT2D eigenvalue weighted by atomic mass is 16.5. The Hall–Kier alpha value is -0.300. The van der Waals surface area contributed by atoms with Crippen molar-refractivity contribution in [3.8, 4) is 0 Å². The minimum Gasteiger partial charge on any atom is -0.374 e. The van der Waals surface area contributed by atoms with Gasteiger partial charge in [-0.15, -0.1) is 6.58 Å². The van der Waals surface area contributed by atoms with Crippen LogP contribution in [0.2, 0.25) is 0 Å². The van der Waals surface area contributed by atoms with Crippen LogP contribution in [0.5, 0.6) is 0 Å². The van der Waals surface area contributed by atoms with Crippen molar-refractivity contribution >= 4 is 0 Å². The Bertz CT molecular complexity index is 244. The maximum Gasteiger partial charge on any atom is 0.0648 e. The fourth-order valence-electron chi connectivity index (χ4n) is 4.29. The van der Waals surface area contributed by atoms with Gasteiger partial charge in [0.15, 0.2) is 0 Å². The van der Waals surface area contributed by atoms with Crippen molar-refractivity contribution in [3.05, 3.63) is 12.7 Å². The van der Waals surface area contributed by atoms with Crippen LogP contribution >= 0.6 is 0 Å². The summed E-state index contributed by atoms with van der Waals surface area (Å²) in [4.78, 5) is 0. The van der Waals surface area contributed by atoms with Crippen LogP contribution in [0.4, 0.5) is 0 Å². The normalized spacial score (nSPS) is 36.1. The minimum atomic E-state index is 0.519. The summed E-state index contributed by atoms with van der Waals surface area (Å²) in [5.74, 6) is 3.09. The number of hydrogen-bond donors (Lipinski definition) is 0. The summed E-state index contributed by atoms with van der Waals surface area (Å²) >= 11 is 0. The van der Waals surface area contributed by atoms with Gasteiger partial charge in [-0.3, -0.25) is 0 Å². The molecule has 0 unspecified atom stereocenters. The summed E-state index contributed by atoms with van der Waals surface area (Å²) in [5.41, 5.74) is 0. The highest BCUT2D eigenvalue weighted by Gasteiger charge is 2.30. The molecule has 0 radical (unpaired) electrons. The molecule has 19 heavy (non-hydrogen) atoms. The van der Waals surface area contributed by atoms with Crippen LogP contribution in [0.25, 0.3) is 0 Å². The van der Waals surface area contributed by atoms with Gasteiger partial charge in [0.05, 0.1) is 12.7 Å². The molecule has 0 aromatic heterocycles. The largest absolute Gasteiger partial charge is 0.374 e. The van der Waals surface area contributed by atoms with Crippen molar-refractivity contribution in [2.45, 2.75) is 77.2 Å². The molecular weight excluding hydrogens is 232 g/mol. The Morgan fingerprint density at radius 3 is 2.05 bits per heavy atom. The zero-order chi connectivity index (χ0) is 13.5. The van der Waals surface area contributed by atoms with E-state index in [1.807, 2.05) is 6.08 Å². The second-order valence-corrected chi connectivity index (χ2v) is 6.73. The Kier molecular flexibility index (Phi) is 6.43. The zero-order valence-electron chi connectivity index (χ0n) is 12.8. The summed E-state index contributed by atoms with van der Waals surface area (Å²) in [6.45, 7) is 6.79. The van der Waals surface area contributed by atoms with Crippen LogP contribution in [0.3, 0.4) is 0 Å². The second-order valence-electron chi connectivity index (χ2n) is 6.73. The Labute approximate surface area is 119 Å². The molecule has 0 atom stereocenters. The van der Waals surface area contributed by atoms with Gasteiger partial charge in [0.25, 0.3) is 0 Å². The Morgan fingerprint density at radius 1 is 0.947 bits per heavy atom. The first kappa shape index (κ1) is 15.1. The lowest BCUT2D eigenvalue weighted by Gasteiger charge is -2.37. The SMILES string of the molecule is C=CCOC1CCC([C@H]2CC[C@H](CCC)CC2)CC1. The van der Waals surface area contributed by atoms with Crippen LogP contribution in [-0.2, 0) is 4.74 Å². The van der Waals surface area contributed by atoms with E-state index in [2.05, 4.69) is 13.5 Å². The summed E-state index contributed by atoms with van der Waals surface area (Å²) in [7, 11) is 0. The van der Waals surface area contributed by atoms with Gasteiger partial charge >= 0.3 is 0 Å². The molecule has 0 heterocycles. The average molecular weight is 264 g/mol. The third-order valence-corrected chi connectivity index (χ3v) is 5.42. The molecule has 0 amide bonds. The van der Waals surface area contributed by atoms with Crippen LogP contribution < -0.4 is 0 Å². The fourth-order valence-corrected chi connectivity index (χ4v) is 4.29. The molecule has 0 spiro atoms. The topological polar surface area (TPSA) is 9.23 Å².